The van der Waals surface area contributed by atoms with Crippen molar-refractivity contribution in [1.82, 2.24) is 5.32 Å². The Balaban J connectivity index is 2.62. The summed E-state index contributed by atoms with van der Waals surface area (Å²) in [5.74, 6) is -9.39. The Morgan fingerprint density at radius 2 is 1.20 bits per heavy atom. The average molecular weight is 223 g/mol. The maximum absolute atomic E-state index is 13.1. The molecule has 82 valence electrons. The Morgan fingerprint density at radius 3 is 1.53 bits per heavy atom. The SMILES string of the molecule is Fc1c(F)c(F)c(C2CCN2)c(F)c1F. The molecular formula is C9H6F5N. The highest BCUT2D eigenvalue weighted by molar-refractivity contribution is 5.28. The van der Waals surface area contributed by atoms with E-state index in [1.54, 1.807) is 0 Å². The van der Waals surface area contributed by atoms with Gasteiger partial charge in [0.15, 0.2) is 23.3 Å². The molecule has 0 spiro atoms. The van der Waals surface area contributed by atoms with Gasteiger partial charge in [0.25, 0.3) is 0 Å². The molecule has 1 N–H and O–H groups in total. The van der Waals surface area contributed by atoms with Gasteiger partial charge in [0, 0.05) is 11.6 Å². The van der Waals surface area contributed by atoms with Crippen molar-refractivity contribution in [3.63, 3.8) is 0 Å². The van der Waals surface area contributed by atoms with Crippen LogP contribution in [-0.4, -0.2) is 6.54 Å². The van der Waals surface area contributed by atoms with Gasteiger partial charge in [-0.1, -0.05) is 0 Å². The van der Waals surface area contributed by atoms with Crippen molar-refractivity contribution >= 4 is 0 Å². The first-order valence-electron chi connectivity index (χ1n) is 4.28. The van der Waals surface area contributed by atoms with Crippen LogP contribution in [0.3, 0.4) is 0 Å². The molecule has 1 aromatic carbocycles. The highest BCUT2D eigenvalue weighted by Crippen LogP contribution is 2.31. The van der Waals surface area contributed by atoms with Crippen LogP contribution in [0.25, 0.3) is 0 Å². The van der Waals surface area contributed by atoms with Crippen molar-refractivity contribution in [2.24, 2.45) is 0 Å². The van der Waals surface area contributed by atoms with Crippen LogP contribution < -0.4 is 5.32 Å². The molecule has 0 bridgehead atoms. The third kappa shape index (κ3) is 1.40. The van der Waals surface area contributed by atoms with Gasteiger partial charge in [-0.3, -0.25) is 0 Å². The first-order valence-corrected chi connectivity index (χ1v) is 4.28. The van der Waals surface area contributed by atoms with Crippen LogP contribution in [-0.2, 0) is 0 Å². The lowest BCUT2D eigenvalue weighted by Gasteiger charge is -2.28. The molecule has 0 aromatic heterocycles. The van der Waals surface area contributed by atoms with Crippen molar-refractivity contribution in [3.05, 3.63) is 34.6 Å². The van der Waals surface area contributed by atoms with Crippen LogP contribution in [0.2, 0.25) is 0 Å². The monoisotopic (exact) mass is 223 g/mol. The van der Waals surface area contributed by atoms with E-state index < -0.39 is 40.7 Å². The zero-order valence-corrected chi connectivity index (χ0v) is 7.38. The number of benzene rings is 1. The Labute approximate surface area is 81.9 Å². The topological polar surface area (TPSA) is 12.0 Å². The summed E-state index contributed by atoms with van der Waals surface area (Å²) in [7, 11) is 0. The second-order valence-electron chi connectivity index (χ2n) is 3.28. The molecule has 0 aliphatic carbocycles. The Morgan fingerprint density at radius 1 is 0.800 bits per heavy atom. The molecule has 1 saturated heterocycles. The molecule has 1 aliphatic rings. The summed E-state index contributed by atoms with van der Waals surface area (Å²) in [6.07, 6.45) is 0.359. The summed E-state index contributed by atoms with van der Waals surface area (Å²) in [4.78, 5) is 0. The summed E-state index contributed by atoms with van der Waals surface area (Å²) in [5.41, 5.74) is -0.766. The number of hydrogen-bond acceptors (Lipinski definition) is 1. The van der Waals surface area contributed by atoms with Crippen LogP contribution in [0.5, 0.6) is 0 Å². The summed E-state index contributed by atoms with van der Waals surface area (Å²) >= 11 is 0. The number of halogens is 5. The quantitative estimate of drug-likeness (QED) is 0.438. The van der Waals surface area contributed by atoms with Gasteiger partial charge in [0.2, 0.25) is 5.82 Å². The van der Waals surface area contributed by atoms with Crippen molar-refractivity contribution in [1.29, 1.82) is 0 Å². The predicted octanol–water partition coefficient (Wildman–Crippen LogP) is 2.42. The first-order chi connectivity index (χ1) is 7.04. The lowest BCUT2D eigenvalue weighted by Crippen LogP contribution is -2.36. The second kappa shape index (κ2) is 3.44. The maximum atomic E-state index is 13.1. The van der Waals surface area contributed by atoms with Crippen LogP contribution >= 0.6 is 0 Å². The van der Waals surface area contributed by atoms with Crippen LogP contribution in [0.4, 0.5) is 22.0 Å². The highest BCUT2D eigenvalue weighted by atomic mass is 19.2. The van der Waals surface area contributed by atoms with Gasteiger partial charge in [-0.25, -0.2) is 22.0 Å². The van der Waals surface area contributed by atoms with Gasteiger partial charge in [-0.2, -0.15) is 0 Å². The lowest BCUT2D eigenvalue weighted by atomic mass is 9.96. The van der Waals surface area contributed by atoms with E-state index >= 15 is 0 Å². The molecule has 1 atom stereocenters. The van der Waals surface area contributed by atoms with Crippen molar-refractivity contribution < 1.29 is 22.0 Å². The molecule has 0 amide bonds. The molecule has 1 nitrogen and oxygen atoms in total. The number of nitrogens with one attached hydrogen (secondary N) is 1. The zero-order valence-electron chi connectivity index (χ0n) is 7.38. The molecule has 1 fully saturated rings. The van der Waals surface area contributed by atoms with Gasteiger partial charge in [0.1, 0.15) is 0 Å². The largest absolute Gasteiger partial charge is 0.310 e. The summed E-state index contributed by atoms with van der Waals surface area (Å²) in [5, 5.41) is 2.58. The lowest BCUT2D eigenvalue weighted by molar-refractivity contribution is 0.319. The van der Waals surface area contributed by atoms with Crippen LogP contribution in [0.15, 0.2) is 0 Å². The molecule has 0 saturated carbocycles. The number of hydrogen-bond donors (Lipinski definition) is 1. The molecular weight excluding hydrogens is 217 g/mol. The molecule has 1 unspecified atom stereocenters. The van der Waals surface area contributed by atoms with E-state index in [9.17, 15) is 22.0 Å². The van der Waals surface area contributed by atoms with Crippen LogP contribution in [0, 0.1) is 29.1 Å². The molecule has 15 heavy (non-hydrogen) atoms. The summed E-state index contributed by atoms with van der Waals surface area (Å²) in [6.45, 7) is 0.504. The highest BCUT2D eigenvalue weighted by Gasteiger charge is 2.32. The molecule has 1 aliphatic heterocycles. The van der Waals surface area contributed by atoms with Crippen molar-refractivity contribution in [3.8, 4) is 0 Å². The van der Waals surface area contributed by atoms with E-state index in [1.807, 2.05) is 0 Å². The molecule has 1 aromatic rings. The van der Waals surface area contributed by atoms with Crippen molar-refractivity contribution in [2.45, 2.75) is 12.5 Å². The van der Waals surface area contributed by atoms with Gasteiger partial charge in [0.05, 0.1) is 0 Å². The van der Waals surface area contributed by atoms with Gasteiger partial charge < -0.3 is 5.32 Å². The molecule has 6 heteroatoms. The fraction of sp³-hybridized carbons (Fsp3) is 0.333. The molecule has 2 rings (SSSR count). The van der Waals surface area contributed by atoms with Gasteiger partial charge in [-0.05, 0) is 13.0 Å². The van der Waals surface area contributed by atoms with E-state index in [0.29, 0.717) is 13.0 Å². The average Bonchev–Trinajstić information content (AvgIpc) is 2.15. The first kappa shape index (κ1) is 10.4. The van der Waals surface area contributed by atoms with E-state index in [4.69, 9.17) is 0 Å². The van der Waals surface area contributed by atoms with E-state index in [-0.39, 0.29) is 0 Å². The van der Waals surface area contributed by atoms with E-state index in [2.05, 4.69) is 5.32 Å². The fourth-order valence-electron chi connectivity index (χ4n) is 1.46. The summed E-state index contributed by atoms with van der Waals surface area (Å²) in [6, 6.07) is -0.783. The van der Waals surface area contributed by atoms with Crippen molar-refractivity contribution in [2.75, 3.05) is 6.54 Å². The van der Waals surface area contributed by atoms with Crippen LogP contribution in [0.1, 0.15) is 18.0 Å². The third-order valence-corrected chi connectivity index (χ3v) is 2.42. The fourth-order valence-corrected chi connectivity index (χ4v) is 1.46. The maximum Gasteiger partial charge on any atom is 0.200 e. The predicted molar refractivity (Wildman–Crippen MR) is 41.6 cm³/mol. The smallest absolute Gasteiger partial charge is 0.200 e. The normalized spacial score (nSPS) is 20.2. The molecule has 1 heterocycles. The zero-order chi connectivity index (χ0) is 11.2. The van der Waals surface area contributed by atoms with Gasteiger partial charge >= 0.3 is 0 Å². The molecule has 0 radical (unpaired) electrons. The minimum Gasteiger partial charge on any atom is -0.310 e. The minimum atomic E-state index is -2.12. The second-order valence-corrected chi connectivity index (χ2v) is 3.28. The minimum absolute atomic E-state index is 0.359. The van der Waals surface area contributed by atoms with Gasteiger partial charge in [-0.15, -0.1) is 0 Å². The standard InChI is InChI=1S/C9H6F5N/c10-5-4(3-1-2-15-3)6(11)8(13)9(14)7(5)12/h3,15H,1-2H2. The Hall–Kier alpha value is -1.17. The Bertz CT molecular complexity index is 384. The van der Waals surface area contributed by atoms with E-state index in [1.165, 1.54) is 0 Å². The Kier molecular flexibility index (Phi) is 2.38. The summed E-state index contributed by atoms with van der Waals surface area (Å²) < 4.78 is 64.3. The number of rotatable bonds is 1. The van der Waals surface area contributed by atoms with E-state index in [0.717, 1.165) is 0 Å². The third-order valence-electron chi connectivity index (χ3n) is 2.42.